The molecule has 0 amide bonds. The molecule has 100 valence electrons. The van der Waals surface area contributed by atoms with Crippen LogP contribution in [0.25, 0.3) is 0 Å². The van der Waals surface area contributed by atoms with E-state index in [2.05, 4.69) is 20.9 Å². The van der Waals surface area contributed by atoms with E-state index in [9.17, 15) is 9.18 Å². The highest BCUT2D eigenvalue weighted by atomic mass is 79.9. The van der Waals surface area contributed by atoms with Gasteiger partial charge in [-0.05, 0) is 30.7 Å². The zero-order valence-corrected chi connectivity index (χ0v) is 12.6. The Kier molecular flexibility index (Phi) is 4.44. The lowest BCUT2D eigenvalue weighted by atomic mass is 10.1. The fraction of sp³-hybridized carbons (Fsp3) is 0.231. The van der Waals surface area contributed by atoms with Crippen LogP contribution < -0.4 is 5.73 Å². The molecule has 1 aromatic heterocycles. The lowest BCUT2D eigenvalue weighted by Gasteiger charge is -2.02. The fourth-order valence-corrected chi connectivity index (χ4v) is 2.76. The summed E-state index contributed by atoms with van der Waals surface area (Å²) >= 11 is 4.60. The second kappa shape index (κ2) is 5.90. The first-order valence-electron chi connectivity index (χ1n) is 5.65. The van der Waals surface area contributed by atoms with Gasteiger partial charge in [-0.3, -0.25) is 4.79 Å². The summed E-state index contributed by atoms with van der Waals surface area (Å²) in [7, 11) is 0. The third-order valence-corrected chi connectivity index (χ3v) is 4.09. The number of nitrogens with two attached hydrogens (primary N) is 1. The summed E-state index contributed by atoms with van der Waals surface area (Å²) < 4.78 is 14.3. The van der Waals surface area contributed by atoms with Crippen LogP contribution >= 0.6 is 27.3 Å². The summed E-state index contributed by atoms with van der Waals surface area (Å²) in [5.74, 6) is -0.598. The number of hydrogen-bond donors (Lipinski definition) is 1. The summed E-state index contributed by atoms with van der Waals surface area (Å²) in [6, 6.07) is 4.34. The van der Waals surface area contributed by atoms with E-state index in [0.29, 0.717) is 16.3 Å². The summed E-state index contributed by atoms with van der Waals surface area (Å²) in [6.45, 7) is 1.81. The summed E-state index contributed by atoms with van der Waals surface area (Å²) in [5, 5.41) is 2.37. The minimum absolute atomic E-state index is 0.00655. The van der Waals surface area contributed by atoms with Crippen LogP contribution in [0.5, 0.6) is 0 Å². The van der Waals surface area contributed by atoms with Crippen molar-refractivity contribution < 1.29 is 9.18 Å². The van der Waals surface area contributed by atoms with Gasteiger partial charge in [0.15, 0.2) is 5.78 Å². The molecule has 0 saturated heterocycles. The molecule has 3 nitrogen and oxygen atoms in total. The lowest BCUT2D eigenvalue weighted by Crippen LogP contribution is -2.08. The maximum absolute atomic E-state index is 13.6. The molecule has 6 heteroatoms. The first-order valence-corrected chi connectivity index (χ1v) is 7.32. The molecule has 0 aliphatic rings. The van der Waals surface area contributed by atoms with E-state index in [-0.39, 0.29) is 24.1 Å². The smallest absolute Gasteiger partial charge is 0.186 e. The zero-order valence-electron chi connectivity index (χ0n) is 10.2. The van der Waals surface area contributed by atoms with Gasteiger partial charge in [-0.2, -0.15) is 0 Å². The lowest BCUT2D eigenvalue weighted by molar-refractivity contribution is 0.0987. The standard InChI is InChI=1S/C13H12BrFN2OS/c1-7(16)13-17-11(6-19-13)12(18)5-8-4-9(14)2-3-10(8)15/h2-4,6-7H,5,16H2,1H3. The molecule has 1 atom stereocenters. The predicted octanol–water partition coefficient (Wildman–Crippen LogP) is 3.49. The van der Waals surface area contributed by atoms with E-state index in [1.807, 2.05) is 0 Å². The number of halogens is 2. The Labute approximate surface area is 122 Å². The van der Waals surface area contributed by atoms with Gasteiger partial charge in [0.25, 0.3) is 0 Å². The highest BCUT2D eigenvalue weighted by Crippen LogP contribution is 2.20. The quantitative estimate of drug-likeness (QED) is 0.865. The van der Waals surface area contributed by atoms with E-state index >= 15 is 0 Å². The van der Waals surface area contributed by atoms with Crippen LogP contribution in [0.2, 0.25) is 0 Å². The molecular weight excluding hydrogens is 331 g/mol. The first kappa shape index (κ1) is 14.3. The number of Topliss-reactive ketones (excluding diaryl/α,β-unsaturated/α-hetero) is 1. The monoisotopic (exact) mass is 342 g/mol. The number of ketones is 1. The van der Waals surface area contributed by atoms with Crippen molar-refractivity contribution in [2.75, 3.05) is 0 Å². The molecule has 2 aromatic rings. The molecule has 0 radical (unpaired) electrons. The van der Waals surface area contributed by atoms with Crippen LogP contribution in [-0.2, 0) is 6.42 Å². The van der Waals surface area contributed by atoms with Crippen LogP contribution in [-0.4, -0.2) is 10.8 Å². The third kappa shape index (κ3) is 3.46. The Morgan fingerprint density at radius 2 is 2.32 bits per heavy atom. The maximum atomic E-state index is 13.6. The third-order valence-electron chi connectivity index (χ3n) is 2.56. The molecule has 0 fully saturated rings. The van der Waals surface area contributed by atoms with E-state index in [1.54, 1.807) is 24.4 Å². The average molecular weight is 343 g/mol. The number of hydrogen-bond acceptors (Lipinski definition) is 4. The molecule has 19 heavy (non-hydrogen) atoms. The highest BCUT2D eigenvalue weighted by Gasteiger charge is 2.15. The summed E-state index contributed by atoms with van der Waals surface area (Å²) in [4.78, 5) is 16.2. The van der Waals surface area contributed by atoms with E-state index < -0.39 is 0 Å². The number of rotatable bonds is 4. The normalized spacial score (nSPS) is 12.4. The van der Waals surface area contributed by atoms with Crippen molar-refractivity contribution in [2.45, 2.75) is 19.4 Å². The Bertz CT molecular complexity index is 612. The van der Waals surface area contributed by atoms with Crippen molar-refractivity contribution in [1.29, 1.82) is 0 Å². The SMILES string of the molecule is CC(N)c1nc(C(=O)Cc2cc(Br)ccc2F)cs1. The molecule has 0 bridgehead atoms. The summed E-state index contributed by atoms with van der Waals surface area (Å²) in [5.41, 5.74) is 6.39. The van der Waals surface area contributed by atoms with Crippen LogP contribution in [0.1, 0.15) is 34.0 Å². The van der Waals surface area contributed by atoms with Gasteiger partial charge in [-0.15, -0.1) is 11.3 Å². The minimum Gasteiger partial charge on any atom is -0.322 e. The van der Waals surface area contributed by atoms with Crippen molar-refractivity contribution >= 4 is 33.0 Å². The van der Waals surface area contributed by atoms with Gasteiger partial charge in [0, 0.05) is 16.3 Å². The maximum Gasteiger partial charge on any atom is 0.186 e. The molecule has 1 unspecified atom stereocenters. The zero-order chi connectivity index (χ0) is 14.0. The molecule has 0 saturated carbocycles. The fourth-order valence-electron chi connectivity index (χ4n) is 1.57. The predicted molar refractivity (Wildman–Crippen MR) is 76.9 cm³/mol. The first-order chi connectivity index (χ1) is 8.97. The van der Waals surface area contributed by atoms with Crippen LogP contribution in [0.4, 0.5) is 4.39 Å². The highest BCUT2D eigenvalue weighted by molar-refractivity contribution is 9.10. The number of thiazole rings is 1. The topological polar surface area (TPSA) is 56.0 Å². The molecule has 1 aromatic carbocycles. The van der Waals surface area contributed by atoms with Gasteiger partial charge >= 0.3 is 0 Å². The largest absolute Gasteiger partial charge is 0.322 e. The van der Waals surface area contributed by atoms with Gasteiger partial charge in [0.2, 0.25) is 0 Å². The van der Waals surface area contributed by atoms with E-state index in [1.165, 1.54) is 17.4 Å². The van der Waals surface area contributed by atoms with Gasteiger partial charge in [0.1, 0.15) is 16.5 Å². The van der Waals surface area contributed by atoms with Crippen molar-refractivity contribution in [3.05, 3.63) is 50.1 Å². The van der Waals surface area contributed by atoms with Gasteiger partial charge in [0.05, 0.1) is 6.04 Å². The Balaban J connectivity index is 2.18. The van der Waals surface area contributed by atoms with Crippen molar-refractivity contribution in [3.8, 4) is 0 Å². The molecule has 2 N–H and O–H groups in total. The van der Waals surface area contributed by atoms with Crippen LogP contribution in [0.15, 0.2) is 28.1 Å². The molecule has 0 aliphatic carbocycles. The number of nitrogens with zero attached hydrogens (tertiary/aromatic N) is 1. The van der Waals surface area contributed by atoms with E-state index in [4.69, 9.17) is 5.73 Å². The van der Waals surface area contributed by atoms with Gasteiger partial charge < -0.3 is 5.73 Å². The Morgan fingerprint density at radius 3 is 2.95 bits per heavy atom. The van der Waals surface area contributed by atoms with Crippen molar-refractivity contribution in [3.63, 3.8) is 0 Å². The van der Waals surface area contributed by atoms with Crippen molar-refractivity contribution in [1.82, 2.24) is 4.98 Å². The van der Waals surface area contributed by atoms with Gasteiger partial charge in [-0.25, -0.2) is 9.37 Å². The Hall–Kier alpha value is -1.11. The minimum atomic E-state index is -0.390. The number of carbonyl (C=O) groups is 1. The van der Waals surface area contributed by atoms with Crippen LogP contribution in [0, 0.1) is 5.82 Å². The second-order valence-corrected chi connectivity index (χ2v) is 6.00. The van der Waals surface area contributed by atoms with E-state index in [0.717, 1.165) is 4.47 Å². The molecular formula is C13H12BrFN2OS. The summed E-state index contributed by atoms with van der Waals surface area (Å²) in [6.07, 6.45) is -0.00655. The molecule has 2 rings (SSSR count). The Morgan fingerprint density at radius 1 is 1.58 bits per heavy atom. The molecule has 1 heterocycles. The number of benzene rings is 1. The van der Waals surface area contributed by atoms with Crippen LogP contribution in [0.3, 0.4) is 0 Å². The van der Waals surface area contributed by atoms with Crippen molar-refractivity contribution in [2.24, 2.45) is 5.73 Å². The van der Waals surface area contributed by atoms with Gasteiger partial charge in [-0.1, -0.05) is 15.9 Å². The second-order valence-electron chi connectivity index (χ2n) is 4.20. The number of carbonyl (C=O) groups excluding carboxylic acids is 1. The molecule has 0 aliphatic heterocycles. The average Bonchev–Trinajstić information content (AvgIpc) is 2.83. The molecule has 0 spiro atoms. The number of aromatic nitrogens is 1.